The van der Waals surface area contributed by atoms with Crippen LogP contribution in [0.4, 0.5) is 0 Å². The molecule has 1 aromatic rings. The zero-order valence-corrected chi connectivity index (χ0v) is 15.1. The smallest absolute Gasteiger partial charge is 0.381 e. The fourth-order valence-electron chi connectivity index (χ4n) is 1.99. The minimum absolute atomic E-state index is 0.150. The molecule has 1 aromatic carbocycles. The summed E-state index contributed by atoms with van der Waals surface area (Å²) in [6.07, 6.45) is 6.38. The van der Waals surface area contributed by atoms with Gasteiger partial charge in [-0.05, 0) is 22.9 Å². The van der Waals surface area contributed by atoms with Crippen molar-refractivity contribution in [3.63, 3.8) is 0 Å². The van der Waals surface area contributed by atoms with Gasteiger partial charge in [0.15, 0.2) is 6.61 Å². The van der Waals surface area contributed by atoms with E-state index >= 15 is 0 Å². The van der Waals surface area contributed by atoms with Crippen molar-refractivity contribution < 1.29 is 32.0 Å². The SMILES string of the molecule is CCCCCCCCC(=O)OCC(=O)OOS(=O)(=O)c1ccccc1. The van der Waals surface area contributed by atoms with Crippen molar-refractivity contribution >= 4 is 22.1 Å². The Hall–Kier alpha value is -1.93. The molecule has 0 amide bonds. The highest BCUT2D eigenvalue weighted by Crippen LogP contribution is 2.11. The first kappa shape index (κ1) is 21.1. The van der Waals surface area contributed by atoms with Crippen LogP contribution < -0.4 is 0 Å². The molecule has 0 aliphatic carbocycles. The van der Waals surface area contributed by atoms with Gasteiger partial charge in [0.05, 0.1) is 4.90 Å². The highest BCUT2D eigenvalue weighted by molar-refractivity contribution is 7.86. The Kier molecular flexibility index (Phi) is 9.79. The number of rotatable bonds is 12. The quantitative estimate of drug-likeness (QED) is 0.241. The van der Waals surface area contributed by atoms with E-state index in [4.69, 9.17) is 4.74 Å². The van der Waals surface area contributed by atoms with Crippen molar-refractivity contribution in [2.45, 2.75) is 56.8 Å². The molecule has 0 spiro atoms. The molecular weight excluding hydrogens is 348 g/mol. The lowest BCUT2D eigenvalue weighted by molar-refractivity contribution is -0.216. The van der Waals surface area contributed by atoms with Gasteiger partial charge in [0.25, 0.3) is 0 Å². The van der Waals surface area contributed by atoms with Gasteiger partial charge in [0.1, 0.15) is 0 Å². The maximum absolute atomic E-state index is 11.7. The molecular formula is C17H24O7S. The third-order valence-electron chi connectivity index (χ3n) is 3.33. The number of ether oxygens (including phenoxy) is 1. The van der Waals surface area contributed by atoms with E-state index in [1.54, 1.807) is 6.07 Å². The number of benzene rings is 1. The lowest BCUT2D eigenvalue weighted by atomic mass is 10.1. The van der Waals surface area contributed by atoms with Crippen molar-refractivity contribution in [1.29, 1.82) is 0 Å². The Morgan fingerprint density at radius 2 is 1.56 bits per heavy atom. The number of esters is 1. The van der Waals surface area contributed by atoms with Crippen LogP contribution in [0.25, 0.3) is 0 Å². The van der Waals surface area contributed by atoms with Gasteiger partial charge in [-0.15, -0.1) is 0 Å². The minimum Gasteiger partial charge on any atom is -0.454 e. The second-order valence-corrected chi connectivity index (χ2v) is 6.98. The molecule has 0 N–H and O–H groups in total. The maximum Gasteiger partial charge on any atom is 0.381 e. The van der Waals surface area contributed by atoms with E-state index in [1.807, 2.05) is 0 Å². The van der Waals surface area contributed by atoms with Gasteiger partial charge in [0, 0.05) is 6.42 Å². The van der Waals surface area contributed by atoms with Crippen molar-refractivity contribution in [2.24, 2.45) is 0 Å². The molecule has 0 atom stereocenters. The Labute approximate surface area is 148 Å². The molecule has 0 saturated carbocycles. The van der Waals surface area contributed by atoms with Crippen LogP contribution in [0, 0.1) is 0 Å². The lowest BCUT2D eigenvalue weighted by Gasteiger charge is -2.05. The molecule has 0 aromatic heterocycles. The normalized spacial score (nSPS) is 11.1. The largest absolute Gasteiger partial charge is 0.454 e. The topological polar surface area (TPSA) is 96.0 Å². The van der Waals surface area contributed by atoms with Crippen molar-refractivity contribution in [2.75, 3.05) is 6.61 Å². The van der Waals surface area contributed by atoms with Crippen LogP contribution in [-0.2, 0) is 33.7 Å². The van der Waals surface area contributed by atoms with Gasteiger partial charge in [-0.25, -0.2) is 4.79 Å². The molecule has 0 unspecified atom stereocenters. The average Bonchev–Trinajstić information content (AvgIpc) is 2.62. The Morgan fingerprint density at radius 1 is 0.920 bits per heavy atom. The van der Waals surface area contributed by atoms with Crippen LogP contribution in [0.1, 0.15) is 51.9 Å². The monoisotopic (exact) mass is 372 g/mol. The second-order valence-electron chi connectivity index (χ2n) is 5.47. The van der Waals surface area contributed by atoms with Gasteiger partial charge in [0.2, 0.25) is 0 Å². The second kappa shape index (κ2) is 11.6. The fourth-order valence-corrected chi connectivity index (χ4v) is 2.73. The lowest BCUT2D eigenvalue weighted by Crippen LogP contribution is -2.18. The Morgan fingerprint density at radius 3 is 2.24 bits per heavy atom. The summed E-state index contributed by atoms with van der Waals surface area (Å²) < 4.78 is 32.3. The summed E-state index contributed by atoms with van der Waals surface area (Å²) in [5.41, 5.74) is 0. The van der Waals surface area contributed by atoms with Crippen LogP contribution in [0.5, 0.6) is 0 Å². The van der Waals surface area contributed by atoms with Gasteiger partial charge in [-0.2, -0.15) is 8.42 Å². The number of unbranched alkanes of at least 4 members (excludes halogenated alkanes) is 5. The summed E-state index contributed by atoms with van der Waals surface area (Å²) in [4.78, 5) is 26.9. The van der Waals surface area contributed by atoms with Crippen LogP contribution in [0.3, 0.4) is 0 Å². The average molecular weight is 372 g/mol. The predicted molar refractivity (Wildman–Crippen MR) is 89.8 cm³/mol. The molecule has 140 valence electrons. The summed E-state index contributed by atoms with van der Waals surface area (Å²) in [5, 5.41) is 0. The molecule has 1 rings (SSSR count). The number of carbonyl (C=O) groups excluding carboxylic acids is 2. The summed E-state index contributed by atoms with van der Waals surface area (Å²) in [7, 11) is -4.20. The third kappa shape index (κ3) is 9.21. The Bertz CT molecular complexity index is 626. The van der Waals surface area contributed by atoms with Crippen LogP contribution in [0.15, 0.2) is 35.2 Å². The van der Waals surface area contributed by atoms with Gasteiger partial charge >= 0.3 is 22.1 Å². The molecule has 0 aliphatic heterocycles. The molecule has 0 fully saturated rings. The van der Waals surface area contributed by atoms with E-state index in [-0.39, 0.29) is 11.3 Å². The van der Waals surface area contributed by atoms with E-state index in [9.17, 15) is 18.0 Å². The molecule has 0 heterocycles. The van der Waals surface area contributed by atoms with Crippen LogP contribution in [0.2, 0.25) is 0 Å². The first-order chi connectivity index (χ1) is 12.0. The predicted octanol–water partition coefficient (Wildman–Crippen LogP) is 3.14. The third-order valence-corrected chi connectivity index (χ3v) is 4.43. The summed E-state index contributed by atoms with van der Waals surface area (Å²) in [6, 6.07) is 7.23. The van der Waals surface area contributed by atoms with Gasteiger partial charge in [-0.1, -0.05) is 57.2 Å². The first-order valence-corrected chi connectivity index (χ1v) is 9.71. The number of hydrogen-bond acceptors (Lipinski definition) is 7. The standard InChI is InChI=1S/C17H24O7S/c1-2-3-4-5-6-10-13-16(18)22-14-17(19)23-24-25(20,21)15-11-8-7-9-12-15/h7-9,11-12H,2-6,10,13-14H2,1H3. The zero-order valence-electron chi connectivity index (χ0n) is 14.3. The van der Waals surface area contributed by atoms with E-state index in [0.717, 1.165) is 25.7 Å². The summed E-state index contributed by atoms with van der Waals surface area (Å²) in [6.45, 7) is 1.43. The molecule has 0 aliphatic rings. The van der Waals surface area contributed by atoms with Crippen molar-refractivity contribution in [3.8, 4) is 0 Å². The molecule has 8 heteroatoms. The fraction of sp³-hybridized carbons (Fsp3) is 0.529. The Balaban J connectivity index is 2.19. The van der Waals surface area contributed by atoms with E-state index < -0.39 is 28.7 Å². The maximum atomic E-state index is 11.7. The highest BCUT2D eigenvalue weighted by Gasteiger charge is 2.19. The summed E-state index contributed by atoms with van der Waals surface area (Å²) in [5.74, 6) is -1.63. The van der Waals surface area contributed by atoms with Crippen LogP contribution >= 0.6 is 0 Å². The van der Waals surface area contributed by atoms with Gasteiger partial charge in [-0.3, -0.25) is 9.68 Å². The first-order valence-electron chi connectivity index (χ1n) is 8.30. The van der Waals surface area contributed by atoms with Crippen molar-refractivity contribution in [3.05, 3.63) is 30.3 Å². The van der Waals surface area contributed by atoms with E-state index in [1.165, 1.54) is 30.7 Å². The highest BCUT2D eigenvalue weighted by atomic mass is 32.2. The summed E-state index contributed by atoms with van der Waals surface area (Å²) >= 11 is 0. The molecule has 0 bridgehead atoms. The van der Waals surface area contributed by atoms with E-state index in [2.05, 4.69) is 16.1 Å². The number of carbonyl (C=O) groups is 2. The van der Waals surface area contributed by atoms with Gasteiger partial charge < -0.3 is 4.74 Å². The molecule has 0 radical (unpaired) electrons. The van der Waals surface area contributed by atoms with E-state index in [0.29, 0.717) is 6.42 Å². The minimum atomic E-state index is -4.20. The molecule has 7 nitrogen and oxygen atoms in total. The van der Waals surface area contributed by atoms with Crippen molar-refractivity contribution in [1.82, 2.24) is 0 Å². The number of hydrogen-bond donors (Lipinski definition) is 0. The molecule has 25 heavy (non-hydrogen) atoms. The zero-order chi connectivity index (χ0) is 18.5. The van der Waals surface area contributed by atoms with Crippen LogP contribution in [-0.4, -0.2) is 27.0 Å². The molecule has 0 saturated heterocycles.